The quantitative estimate of drug-likeness (QED) is 0.843. The largest absolute Gasteiger partial charge is 0.488 e. The molecule has 2 nitrogen and oxygen atoms in total. The smallest absolute Gasteiger partial charge is 0.140 e. The molecule has 0 heterocycles. The predicted octanol–water partition coefficient (Wildman–Crippen LogP) is 3.71. The Morgan fingerprint density at radius 1 is 1.12 bits per heavy atom. The molecule has 1 saturated carbocycles. The number of Topliss-reactive ketones (excluding diaryl/α,β-unsaturated/α-hetero) is 1. The molecule has 0 N–H and O–H groups in total. The van der Waals surface area contributed by atoms with Crippen molar-refractivity contribution < 1.29 is 9.53 Å². The van der Waals surface area contributed by atoms with E-state index < -0.39 is 0 Å². The first-order valence-corrected chi connectivity index (χ1v) is 6.39. The van der Waals surface area contributed by atoms with Crippen LogP contribution in [-0.4, -0.2) is 11.9 Å². The number of benzene rings is 2. The van der Waals surface area contributed by atoms with Crippen LogP contribution in [-0.2, 0) is 4.79 Å². The summed E-state index contributed by atoms with van der Waals surface area (Å²) in [6.07, 6.45) is 1.14. The van der Waals surface area contributed by atoms with Crippen molar-refractivity contribution in [1.82, 2.24) is 0 Å². The van der Waals surface area contributed by atoms with E-state index in [1.807, 2.05) is 24.3 Å². The highest BCUT2D eigenvalue weighted by Gasteiger charge is 2.28. The van der Waals surface area contributed by atoms with Crippen LogP contribution in [0, 0.1) is 0 Å². The van der Waals surface area contributed by atoms with E-state index in [2.05, 4.69) is 28.1 Å². The maximum absolute atomic E-state index is 10.9. The van der Waals surface area contributed by atoms with Gasteiger partial charge in [-0.1, -0.05) is 30.3 Å². The molecule has 0 aliphatic heterocycles. The molecule has 1 aliphatic carbocycles. The van der Waals surface area contributed by atoms with E-state index >= 15 is 0 Å². The topological polar surface area (TPSA) is 26.3 Å². The SMILES string of the molecule is O=C1CC(Oc2ccc3ccccc3c2Br)C1. The van der Waals surface area contributed by atoms with Crippen molar-refractivity contribution in [3.05, 3.63) is 40.9 Å². The zero-order valence-corrected chi connectivity index (χ0v) is 10.7. The van der Waals surface area contributed by atoms with Crippen molar-refractivity contribution in [2.75, 3.05) is 0 Å². The Morgan fingerprint density at radius 3 is 2.65 bits per heavy atom. The fourth-order valence-electron chi connectivity index (χ4n) is 2.02. The molecular weight excluding hydrogens is 280 g/mol. The fraction of sp³-hybridized carbons (Fsp3) is 0.214. The number of rotatable bonds is 2. The second-order valence-corrected chi connectivity index (χ2v) is 5.08. The summed E-state index contributed by atoms with van der Waals surface area (Å²) in [5.41, 5.74) is 0. The van der Waals surface area contributed by atoms with Gasteiger partial charge in [0, 0.05) is 12.8 Å². The lowest BCUT2D eigenvalue weighted by molar-refractivity contribution is -0.129. The summed E-state index contributed by atoms with van der Waals surface area (Å²) in [6, 6.07) is 12.1. The molecule has 3 rings (SSSR count). The second kappa shape index (κ2) is 4.15. The minimum absolute atomic E-state index is 0.0555. The molecule has 2 aromatic rings. The Kier molecular flexibility index (Phi) is 2.63. The Labute approximate surface area is 108 Å². The van der Waals surface area contributed by atoms with Gasteiger partial charge in [-0.3, -0.25) is 4.79 Å². The molecule has 3 heteroatoms. The van der Waals surface area contributed by atoms with Crippen molar-refractivity contribution in [3.8, 4) is 5.75 Å². The van der Waals surface area contributed by atoms with Gasteiger partial charge in [-0.05, 0) is 32.8 Å². The third-order valence-electron chi connectivity index (χ3n) is 3.03. The van der Waals surface area contributed by atoms with Crippen LogP contribution >= 0.6 is 15.9 Å². The molecule has 1 fully saturated rings. The molecule has 1 aliphatic rings. The third kappa shape index (κ3) is 1.95. The summed E-state index contributed by atoms with van der Waals surface area (Å²) >= 11 is 3.57. The first-order chi connectivity index (χ1) is 8.24. The van der Waals surface area contributed by atoms with Crippen molar-refractivity contribution in [3.63, 3.8) is 0 Å². The number of ketones is 1. The molecule has 0 radical (unpaired) electrons. The number of hydrogen-bond acceptors (Lipinski definition) is 2. The number of hydrogen-bond donors (Lipinski definition) is 0. The summed E-state index contributed by atoms with van der Waals surface area (Å²) < 4.78 is 6.76. The molecule has 17 heavy (non-hydrogen) atoms. The molecular formula is C14H11BrO2. The standard InChI is InChI=1S/C14H11BrO2/c15-14-12-4-2-1-3-9(12)5-6-13(14)17-11-7-10(16)8-11/h1-6,11H,7-8H2. The van der Waals surface area contributed by atoms with Crippen LogP contribution < -0.4 is 4.74 Å². The Bertz CT molecular complexity index is 584. The zero-order chi connectivity index (χ0) is 11.8. The maximum Gasteiger partial charge on any atom is 0.140 e. The molecule has 0 saturated heterocycles. The summed E-state index contributed by atoms with van der Waals surface area (Å²) in [6.45, 7) is 0. The molecule has 0 bridgehead atoms. The van der Waals surface area contributed by atoms with Gasteiger partial charge in [0.25, 0.3) is 0 Å². The summed E-state index contributed by atoms with van der Waals surface area (Å²) in [5.74, 6) is 1.10. The average molecular weight is 291 g/mol. The van der Waals surface area contributed by atoms with Crippen LogP contribution in [0.1, 0.15) is 12.8 Å². The first kappa shape index (κ1) is 10.8. The van der Waals surface area contributed by atoms with Gasteiger partial charge in [0.15, 0.2) is 0 Å². The van der Waals surface area contributed by atoms with E-state index in [9.17, 15) is 4.79 Å². The van der Waals surface area contributed by atoms with Crippen LogP contribution in [0.3, 0.4) is 0 Å². The summed E-state index contributed by atoms with van der Waals surface area (Å²) in [4.78, 5) is 10.9. The lowest BCUT2D eigenvalue weighted by atomic mass is 9.94. The highest BCUT2D eigenvalue weighted by Crippen LogP contribution is 2.35. The van der Waals surface area contributed by atoms with Gasteiger partial charge in [-0.2, -0.15) is 0 Å². The highest BCUT2D eigenvalue weighted by molar-refractivity contribution is 9.10. The summed E-state index contributed by atoms with van der Waals surface area (Å²) in [7, 11) is 0. The molecule has 0 aromatic heterocycles. The molecule has 2 aromatic carbocycles. The van der Waals surface area contributed by atoms with Gasteiger partial charge >= 0.3 is 0 Å². The van der Waals surface area contributed by atoms with Gasteiger partial charge < -0.3 is 4.74 Å². The lowest BCUT2D eigenvalue weighted by Crippen LogP contribution is -2.33. The molecule has 86 valence electrons. The van der Waals surface area contributed by atoms with Crippen molar-refractivity contribution in [1.29, 1.82) is 0 Å². The summed E-state index contributed by atoms with van der Waals surface area (Å²) in [5, 5.41) is 2.31. The van der Waals surface area contributed by atoms with Crippen molar-refractivity contribution >= 4 is 32.5 Å². The van der Waals surface area contributed by atoms with Crippen LogP contribution in [0.5, 0.6) is 5.75 Å². The molecule has 0 spiro atoms. The second-order valence-electron chi connectivity index (χ2n) is 4.29. The highest BCUT2D eigenvalue weighted by atomic mass is 79.9. The molecule has 0 amide bonds. The number of halogens is 1. The van der Waals surface area contributed by atoms with Gasteiger partial charge in [-0.25, -0.2) is 0 Å². The van der Waals surface area contributed by atoms with Gasteiger partial charge in [0.1, 0.15) is 17.6 Å². The minimum atomic E-state index is 0.0555. The number of carbonyl (C=O) groups is 1. The van der Waals surface area contributed by atoms with Crippen molar-refractivity contribution in [2.24, 2.45) is 0 Å². The Balaban J connectivity index is 1.94. The first-order valence-electron chi connectivity index (χ1n) is 5.59. The number of ether oxygens (including phenoxy) is 1. The van der Waals surface area contributed by atoms with E-state index in [1.165, 1.54) is 5.39 Å². The normalized spacial score (nSPS) is 15.9. The van der Waals surface area contributed by atoms with Gasteiger partial charge in [-0.15, -0.1) is 0 Å². The van der Waals surface area contributed by atoms with E-state index in [-0.39, 0.29) is 11.9 Å². The maximum atomic E-state index is 10.9. The van der Waals surface area contributed by atoms with Crippen LogP contribution in [0.2, 0.25) is 0 Å². The van der Waals surface area contributed by atoms with Crippen molar-refractivity contribution in [2.45, 2.75) is 18.9 Å². The molecule has 0 atom stereocenters. The van der Waals surface area contributed by atoms with E-state index in [0.717, 1.165) is 15.6 Å². The fourth-order valence-corrected chi connectivity index (χ4v) is 2.60. The van der Waals surface area contributed by atoms with Gasteiger partial charge in [0.05, 0.1) is 4.47 Å². The number of fused-ring (bicyclic) bond motifs is 1. The monoisotopic (exact) mass is 290 g/mol. The Hall–Kier alpha value is -1.35. The predicted molar refractivity (Wildman–Crippen MR) is 70.3 cm³/mol. The molecule has 0 unspecified atom stereocenters. The zero-order valence-electron chi connectivity index (χ0n) is 9.15. The lowest BCUT2D eigenvalue weighted by Gasteiger charge is -2.25. The van der Waals surface area contributed by atoms with Crippen LogP contribution in [0.15, 0.2) is 40.9 Å². The van der Waals surface area contributed by atoms with Gasteiger partial charge in [0.2, 0.25) is 0 Å². The van der Waals surface area contributed by atoms with E-state index in [0.29, 0.717) is 12.8 Å². The average Bonchev–Trinajstić information content (AvgIpc) is 2.31. The number of carbonyl (C=O) groups excluding carboxylic acids is 1. The van der Waals surface area contributed by atoms with E-state index in [4.69, 9.17) is 4.74 Å². The minimum Gasteiger partial charge on any atom is -0.488 e. The van der Waals surface area contributed by atoms with E-state index in [1.54, 1.807) is 0 Å². The van der Waals surface area contributed by atoms with Crippen LogP contribution in [0.4, 0.5) is 0 Å². The Morgan fingerprint density at radius 2 is 1.88 bits per heavy atom. The van der Waals surface area contributed by atoms with Crippen LogP contribution in [0.25, 0.3) is 10.8 Å². The third-order valence-corrected chi connectivity index (χ3v) is 3.85.